The lowest BCUT2D eigenvalue weighted by Gasteiger charge is -2.05. The van der Waals surface area contributed by atoms with E-state index >= 15 is 0 Å². The van der Waals surface area contributed by atoms with E-state index < -0.39 is 5.97 Å². The van der Waals surface area contributed by atoms with Crippen LogP contribution in [-0.2, 0) is 4.74 Å². The first kappa shape index (κ1) is 14.0. The molecule has 0 aliphatic carbocycles. The van der Waals surface area contributed by atoms with E-state index in [1.165, 1.54) is 23.5 Å². The van der Waals surface area contributed by atoms with Gasteiger partial charge in [-0.25, -0.2) is 14.2 Å². The zero-order valence-corrected chi connectivity index (χ0v) is 12.3. The summed E-state index contributed by atoms with van der Waals surface area (Å²) < 4.78 is 18.7. The van der Waals surface area contributed by atoms with Crippen molar-refractivity contribution in [3.8, 4) is 0 Å². The second-order valence-electron chi connectivity index (χ2n) is 3.51. The van der Waals surface area contributed by atoms with Crippen LogP contribution in [0.15, 0.2) is 28.1 Å². The van der Waals surface area contributed by atoms with E-state index in [1.54, 1.807) is 18.4 Å². The van der Waals surface area contributed by atoms with Crippen LogP contribution >= 0.6 is 27.3 Å². The van der Waals surface area contributed by atoms with E-state index in [-0.39, 0.29) is 11.5 Å². The van der Waals surface area contributed by atoms with Gasteiger partial charge in [-0.15, -0.1) is 11.3 Å². The number of halogens is 2. The third-order valence-electron chi connectivity index (χ3n) is 2.16. The molecule has 1 aromatic heterocycles. The van der Waals surface area contributed by atoms with Gasteiger partial charge >= 0.3 is 5.97 Å². The third-order valence-corrected chi connectivity index (χ3v) is 3.61. The molecule has 0 bridgehead atoms. The van der Waals surface area contributed by atoms with Gasteiger partial charge in [-0.1, -0.05) is 0 Å². The fraction of sp³-hybridized carbons (Fsp3) is 0.167. The Hall–Kier alpha value is -1.47. The lowest BCUT2D eigenvalue weighted by atomic mass is 10.3. The summed E-state index contributed by atoms with van der Waals surface area (Å²) in [5.41, 5.74) is 0.784. The predicted octanol–water partition coefficient (Wildman–Crippen LogP) is 3.97. The highest BCUT2D eigenvalue weighted by molar-refractivity contribution is 9.10. The topological polar surface area (TPSA) is 51.2 Å². The van der Waals surface area contributed by atoms with E-state index in [2.05, 4.69) is 26.2 Å². The fourth-order valence-electron chi connectivity index (χ4n) is 1.34. The van der Waals surface area contributed by atoms with Crippen molar-refractivity contribution >= 4 is 44.1 Å². The Bertz CT molecular complexity index is 603. The summed E-state index contributed by atoms with van der Waals surface area (Å²) in [6.45, 7) is 2.03. The highest BCUT2D eigenvalue weighted by Crippen LogP contribution is 2.28. The summed E-state index contributed by atoms with van der Waals surface area (Å²) in [5, 5.41) is 5.03. The van der Waals surface area contributed by atoms with E-state index in [9.17, 15) is 9.18 Å². The largest absolute Gasteiger partial charge is 0.461 e. The maximum Gasteiger partial charge on any atom is 0.357 e. The van der Waals surface area contributed by atoms with Crippen molar-refractivity contribution < 1.29 is 13.9 Å². The zero-order valence-electron chi connectivity index (χ0n) is 9.94. The molecule has 7 heteroatoms. The first-order valence-corrected chi connectivity index (χ1v) is 7.12. The highest BCUT2D eigenvalue weighted by Gasteiger charge is 2.12. The molecule has 1 aromatic carbocycles. The Kier molecular flexibility index (Phi) is 4.49. The van der Waals surface area contributed by atoms with Crippen LogP contribution in [0.25, 0.3) is 0 Å². The Morgan fingerprint density at radius 3 is 3.11 bits per heavy atom. The van der Waals surface area contributed by atoms with Crippen LogP contribution in [0.1, 0.15) is 17.4 Å². The number of nitrogens with one attached hydrogen (secondary N) is 1. The summed E-state index contributed by atoms with van der Waals surface area (Å²) >= 11 is 4.55. The van der Waals surface area contributed by atoms with Gasteiger partial charge in [-0.2, -0.15) is 0 Å². The van der Waals surface area contributed by atoms with Crippen LogP contribution < -0.4 is 5.32 Å². The molecule has 1 heterocycles. The maximum atomic E-state index is 13.1. The predicted molar refractivity (Wildman–Crippen MR) is 75.5 cm³/mol. The van der Waals surface area contributed by atoms with Crippen molar-refractivity contribution in [2.45, 2.75) is 6.92 Å². The second kappa shape index (κ2) is 6.12. The van der Waals surface area contributed by atoms with Crippen LogP contribution in [0.2, 0.25) is 0 Å². The van der Waals surface area contributed by atoms with Crippen LogP contribution in [0, 0.1) is 5.82 Å². The summed E-state index contributed by atoms with van der Waals surface area (Å²) in [7, 11) is 0. The number of nitrogens with zero attached hydrogens (tertiary/aromatic N) is 1. The van der Waals surface area contributed by atoms with Crippen molar-refractivity contribution in [2.24, 2.45) is 0 Å². The molecule has 0 atom stereocenters. The minimum absolute atomic E-state index is 0.238. The number of aromatic nitrogens is 1. The van der Waals surface area contributed by atoms with Gasteiger partial charge in [0, 0.05) is 9.85 Å². The van der Waals surface area contributed by atoms with Gasteiger partial charge in [-0.3, -0.25) is 0 Å². The minimum atomic E-state index is -0.467. The molecule has 19 heavy (non-hydrogen) atoms. The van der Waals surface area contributed by atoms with Crippen molar-refractivity contribution in [2.75, 3.05) is 11.9 Å². The van der Waals surface area contributed by atoms with Gasteiger partial charge in [-0.05, 0) is 41.1 Å². The summed E-state index contributed by atoms with van der Waals surface area (Å²) in [4.78, 5) is 15.5. The first-order chi connectivity index (χ1) is 9.10. The van der Waals surface area contributed by atoms with Crippen LogP contribution in [0.3, 0.4) is 0 Å². The molecule has 0 amide bonds. The lowest BCUT2D eigenvalue weighted by molar-refractivity contribution is 0.0520. The summed E-state index contributed by atoms with van der Waals surface area (Å²) in [6, 6.07) is 4.29. The average molecular weight is 345 g/mol. The second-order valence-corrected chi connectivity index (χ2v) is 5.22. The average Bonchev–Trinajstić information content (AvgIpc) is 2.83. The Balaban J connectivity index is 2.15. The first-order valence-electron chi connectivity index (χ1n) is 5.45. The number of rotatable bonds is 4. The molecule has 100 valence electrons. The summed E-state index contributed by atoms with van der Waals surface area (Å²) in [6.07, 6.45) is 0. The Morgan fingerprint density at radius 1 is 1.58 bits per heavy atom. The number of carbonyl (C=O) groups excluding carboxylic acids is 1. The molecule has 0 aliphatic rings. The molecular weight excluding hydrogens is 335 g/mol. The Morgan fingerprint density at radius 2 is 2.37 bits per heavy atom. The number of benzene rings is 1. The van der Waals surface area contributed by atoms with Gasteiger partial charge < -0.3 is 10.1 Å². The number of ether oxygens (including phenoxy) is 1. The van der Waals surface area contributed by atoms with Gasteiger partial charge in [0.2, 0.25) is 0 Å². The van der Waals surface area contributed by atoms with E-state index in [0.717, 1.165) is 0 Å². The van der Waals surface area contributed by atoms with Gasteiger partial charge in [0.15, 0.2) is 10.8 Å². The van der Waals surface area contributed by atoms with Crippen molar-refractivity contribution in [1.29, 1.82) is 0 Å². The third kappa shape index (κ3) is 3.51. The van der Waals surface area contributed by atoms with Gasteiger partial charge in [0.25, 0.3) is 0 Å². The maximum absolute atomic E-state index is 13.1. The number of carbonyl (C=O) groups is 1. The SMILES string of the molecule is CCOC(=O)c1csc(Nc2cc(F)ccc2Br)n1. The molecule has 2 aromatic rings. The van der Waals surface area contributed by atoms with E-state index in [1.807, 2.05) is 0 Å². The molecule has 0 saturated carbocycles. The summed E-state index contributed by atoms with van der Waals surface area (Å²) in [5.74, 6) is -0.821. The van der Waals surface area contributed by atoms with Crippen molar-refractivity contribution in [3.05, 3.63) is 39.6 Å². The van der Waals surface area contributed by atoms with Gasteiger partial charge in [0.1, 0.15) is 5.82 Å². The van der Waals surface area contributed by atoms with Crippen LogP contribution in [-0.4, -0.2) is 17.6 Å². The number of hydrogen-bond acceptors (Lipinski definition) is 5. The molecule has 0 saturated heterocycles. The van der Waals surface area contributed by atoms with Gasteiger partial charge in [0.05, 0.1) is 12.3 Å². The van der Waals surface area contributed by atoms with Crippen molar-refractivity contribution in [1.82, 2.24) is 4.98 Å². The molecule has 2 rings (SSSR count). The molecule has 1 N–H and O–H groups in total. The molecule has 0 radical (unpaired) electrons. The monoisotopic (exact) mass is 344 g/mol. The highest BCUT2D eigenvalue weighted by atomic mass is 79.9. The fourth-order valence-corrected chi connectivity index (χ4v) is 2.38. The number of hydrogen-bond donors (Lipinski definition) is 1. The van der Waals surface area contributed by atoms with Crippen LogP contribution in [0.4, 0.5) is 15.2 Å². The number of thiazole rings is 1. The molecule has 0 fully saturated rings. The van der Waals surface area contributed by atoms with E-state index in [0.29, 0.717) is 21.9 Å². The van der Waals surface area contributed by atoms with Crippen molar-refractivity contribution in [3.63, 3.8) is 0 Å². The smallest absolute Gasteiger partial charge is 0.357 e. The molecule has 4 nitrogen and oxygen atoms in total. The number of anilines is 2. The normalized spacial score (nSPS) is 10.3. The number of esters is 1. The lowest BCUT2D eigenvalue weighted by Crippen LogP contribution is -2.05. The molecule has 0 spiro atoms. The van der Waals surface area contributed by atoms with E-state index in [4.69, 9.17) is 4.74 Å². The standard InChI is InChI=1S/C12H10BrFN2O2S/c1-2-18-11(17)10-6-19-12(16-10)15-9-5-7(14)3-4-8(9)13/h3-6H,2H2,1H3,(H,15,16). The zero-order chi connectivity index (χ0) is 13.8. The molecular formula is C12H10BrFN2O2S. The quantitative estimate of drug-likeness (QED) is 0.852. The minimum Gasteiger partial charge on any atom is -0.461 e. The molecule has 0 aliphatic heterocycles. The molecule has 0 unspecified atom stereocenters. The van der Waals surface area contributed by atoms with Crippen LogP contribution in [0.5, 0.6) is 0 Å². The Labute approximate surface area is 121 Å².